The number of hydrogen-bond donors (Lipinski definition) is 2. The molecule has 0 radical (unpaired) electrons. The molecule has 1 aromatic heterocycles. The molecule has 1 aliphatic heterocycles. The Hall–Kier alpha value is -3.81. The standard InChI is InChI=1S/C29H28ClN3O4/c1-17-14-24(25(37-3)15-22(17)30)32-28(34)26-19-9-4-5-10-20(19)29(35)33(12-13-36-2)27(26)21-16-31-23-11-7-6-8-18(21)23/h4-11,14-16,26-27,31H,12-13H2,1-3H3,(H,32,34)/t26-,27+/m0/s1. The molecule has 8 heteroatoms. The summed E-state index contributed by atoms with van der Waals surface area (Å²) in [5.74, 6) is -0.612. The topological polar surface area (TPSA) is 83.7 Å². The molecule has 2 heterocycles. The smallest absolute Gasteiger partial charge is 0.254 e. The molecule has 2 atom stereocenters. The van der Waals surface area contributed by atoms with Gasteiger partial charge in [-0.3, -0.25) is 9.59 Å². The molecule has 0 fully saturated rings. The van der Waals surface area contributed by atoms with Crippen LogP contribution < -0.4 is 10.1 Å². The van der Waals surface area contributed by atoms with E-state index in [1.54, 1.807) is 30.2 Å². The summed E-state index contributed by atoms with van der Waals surface area (Å²) in [6.45, 7) is 2.54. The molecule has 7 nitrogen and oxygen atoms in total. The number of amides is 2. The maximum Gasteiger partial charge on any atom is 0.254 e. The largest absolute Gasteiger partial charge is 0.495 e. The zero-order valence-electron chi connectivity index (χ0n) is 20.9. The number of aromatic amines is 1. The first-order chi connectivity index (χ1) is 17.9. The highest BCUT2D eigenvalue weighted by Crippen LogP contribution is 2.45. The Morgan fingerprint density at radius 1 is 1.08 bits per heavy atom. The number of carbonyl (C=O) groups is 2. The number of para-hydroxylation sites is 1. The number of aryl methyl sites for hydroxylation is 1. The van der Waals surface area contributed by atoms with Crippen molar-refractivity contribution in [3.8, 4) is 5.75 Å². The molecule has 1 aliphatic rings. The number of rotatable bonds is 7. The lowest BCUT2D eigenvalue weighted by atomic mass is 9.79. The number of nitrogens with zero attached hydrogens (tertiary/aromatic N) is 1. The number of carbonyl (C=O) groups excluding carboxylic acids is 2. The number of hydrogen-bond acceptors (Lipinski definition) is 4. The SMILES string of the molecule is COCCN1C(=O)c2ccccc2[C@H](C(=O)Nc2cc(C)c(Cl)cc2OC)[C@H]1c1c[nH]c2ccccc12. The van der Waals surface area contributed by atoms with Crippen molar-refractivity contribution in [3.05, 3.63) is 94.1 Å². The number of ether oxygens (including phenoxy) is 2. The second kappa shape index (κ2) is 10.3. The Kier molecular flexibility index (Phi) is 6.91. The van der Waals surface area contributed by atoms with Crippen molar-refractivity contribution in [1.82, 2.24) is 9.88 Å². The highest BCUT2D eigenvalue weighted by molar-refractivity contribution is 6.31. The number of anilines is 1. The van der Waals surface area contributed by atoms with Crippen LogP contribution in [0, 0.1) is 6.92 Å². The van der Waals surface area contributed by atoms with Gasteiger partial charge in [-0.2, -0.15) is 0 Å². The molecule has 2 N–H and O–H groups in total. The third-order valence-electron chi connectivity index (χ3n) is 6.94. The van der Waals surface area contributed by atoms with Crippen LogP contribution in [0.3, 0.4) is 0 Å². The number of methoxy groups -OCH3 is 2. The number of fused-ring (bicyclic) bond motifs is 2. The molecule has 0 unspecified atom stereocenters. The average Bonchev–Trinajstić information content (AvgIpc) is 3.33. The van der Waals surface area contributed by atoms with E-state index < -0.39 is 12.0 Å². The predicted molar refractivity (Wildman–Crippen MR) is 145 cm³/mol. The van der Waals surface area contributed by atoms with E-state index >= 15 is 0 Å². The summed E-state index contributed by atoms with van der Waals surface area (Å²) >= 11 is 6.29. The van der Waals surface area contributed by atoms with Gasteiger partial charge in [0, 0.05) is 53.0 Å². The van der Waals surface area contributed by atoms with Crippen molar-refractivity contribution in [3.63, 3.8) is 0 Å². The zero-order chi connectivity index (χ0) is 26.1. The normalized spacial score (nSPS) is 17.1. The minimum absolute atomic E-state index is 0.133. The first-order valence-electron chi connectivity index (χ1n) is 12.0. The van der Waals surface area contributed by atoms with Crippen molar-refractivity contribution >= 4 is 40.0 Å². The first kappa shape index (κ1) is 24.9. The summed E-state index contributed by atoms with van der Waals surface area (Å²) in [6.07, 6.45) is 1.89. The van der Waals surface area contributed by atoms with Crippen molar-refractivity contribution in [2.75, 3.05) is 32.7 Å². The van der Waals surface area contributed by atoms with Gasteiger partial charge in [0.15, 0.2) is 0 Å². The number of nitrogens with one attached hydrogen (secondary N) is 2. The van der Waals surface area contributed by atoms with Crippen molar-refractivity contribution in [2.45, 2.75) is 18.9 Å². The van der Waals surface area contributed by atoms with Gasteiger partial charge in [-0.25, -0.2) is 0 Å². The van der Waals surface area contributed by atoms with Crippen molar-refractivity contribution in [1.29, 1.82) is 0 Å². The van der Waals surface area contributed by atoms with Gasteiger partial charge in [0.25, 0.3) is 5.91 Å². The number of H-pyrrole nitrogens is 1. The lowest BCUT2D eigenvalue weighted by Crippen LogP contribution is -2.47. The molecule has 2 amide bonds. The minimum Gasteiger partial charge on any atom is -0.495 e. The van der Waals surface area contributed by atoms with Crippen molar-refractivity contribution < 1.29 is 19.1 Å². The van der Waals surface area contributed by atoms with Gasteiger partial charge < -0.3 is 24.7 Å². The molecule has 5 rings (SSSR count). The van der Waals surface area contributed by atoms with E-state index in [0.717, 1.165) is 22.0 Å². The fourth-order valence-electron chi connectivity index (χ4n) is 5.14. The molecule has 190 valence electrons. The lowest BCUT2D eigenvalue weighted by molar-refractivity contribution is -0.119. The van der Waals surface area contributed by atoms with Crippen LogP contribution in [-0.2, 0) is 9.53 Å². The monoisotopic (exact) mass is 517 g/mol. The van der Waals surface area contributed by atoms with Crippen LogP contribution in [0.4, 0.5) is 5.69 Å². The van der Waals surface area contributed by atoms with Crippen LogP contribution in [0.25, 0.3) is 10.9 Å². The molecule has 0 bridgehead atoms. The number of benzene rings is 3. The van der Waals surface area contributed by atoms with Gasteiger partial charge in [0.1, 0.15) is 5.75 Å². The second-order valence-electron chi connectivity index (χ2n) is 9.08. The Labute approximate surface area is 220 Å². The minimum atomic E-state index is -0.689. The summed E-state index contributed by atoms with van der Waals surface area (Å²) in [6, 6.07) is 18.1. The quantitative estimate of drug-likeness (QED) is 0.329. The summed E-state index contributed by atoms with van der Waals surface area (Å²) in [4.78, 5) is 33.0. The highest BCUT2D eigenvalue weighted by atomic mass is 35.5. The van der Waals surface area contributed by atoms with Gasteiger partial charge in [0.2, 0.25) is 5.91 Å². The molecular weight excluding hydrogens is 490 g/mol. The summed E-state index contributed by atoms with van der Waals surface area (Å²) in [7, 11) is 3.13. The van der Waals surface area contributed by atoms with Crippen LogP contribution >= 0.6 is 11.6 Å². The van der Waals surface area contributed by atoms with Gasteiger partial charge in [-0.05, 0) is 36.2 Å². The van der Waals surface area contributed by atoms with Crippen LogP contribution in [0.1, 0.15) is 39.0 Å². The van der Waals surface area contributed by atoms with E-state index in [-0.39, 0.29) is 11.8 Å². The maximum absolute atomic E-state index is 14.2. The number of aromatic nitrogens is 1. The average molecular weight is 518 g/mol. The Morgan fingerprint density at radius 3 is 2.62 bits per heavy atom. The molecule has 3 aromatic carbocycles. The van der Waals surface area contributed by atoms with Crippen LogP contribution in [0.5, 0.6) is 5.75 Å². The summed E-state index contributed by atoms with van der Waals surface area (Å²) in [5, 5.41) is 4.57. The summed E-state index contributed by atoms with van der Waals surface area (Å²) < 4.78 is 10.9. The van der Waals surface area contributed by atoms with E-state index in [9.17, 15) is 9.59 Å². The van der Waals surface area contributed by atoms with Gasteiger partial charge >= 0.3 is 0 Å². The maximum atomic E-state index is 14.2. The van der Waals surface area contributed by atoms with Gasteiger partial charge in [0.05, 0.1) is 31.4 Å². The molecular formula is C29H28ClN3O4. The Morgan fingerprint density at radius 2 is 1.84 bits per heavy atom. The molecule has 4 aromatic rings. The van der Waals surface area contributed by atoms with Crippen LogP contribution in [0.2, 0.25) is 5.02 Å². The van der Waals surface area contributed by atoms with E-state index in [2.05, 4.69) is 10.3 Å². The fraction of sp³-hybridized carbons (Fsp3) is 0.241. The van der Waals surface area contributed by atoms with Gasteiger partial charge in [-0.15, -0.1) is 0 Å². The zero-order valence-corrected chi connectivity index (χ0v) is 21.6. The highest BCUT2D eigenvalue weighted by Gasteiger charge is 2.45. The lowest BCUT2D eigenvalue weighted by Gasteiger charge is -2.41. The first-order valence-corrected chi connectivity index (χ1v) is 12.4. The third-order valence-corrected chi connectivity index (χ3v) is 7.34. The van der Waals surface area contributed by atoms with Crippen LogP contribution in [-0.4, -0.2) is 49.1 Å². The third kappa shape index (κ3) is 4.45. The molecule has 0 saturated heterocycles. The van der Waals surface area contributed by atoms with E-state index in [1.807, 2.05) is 55.6 Å². The van der Waals surface area contributed by atoms with Crippen LogP contribution in [0.15, 0.2) is 66.9 Å². The summed E-state index contributed by atoms with van der Waals surface area (Å²) in [5.41, 5.74) is 4.32. The molecule has 0 spiro atoms. The van der Waals surface area contributed by atoms with Crippen molar-refractivity contribution in [2.24, 2.45) is 0 Å². The Bertz CT molecular complexity index is 1480. The predicted octanol–water partition coefficient (Wildman–Crippen LogP) is 5.70. The van der Waals surface area contributed by atoms with Gasteiger partial charge in [-0.1, -0.05) is 48.0 Å². The number of halogens is 1. The molecule has 37 heavy (non-hydrogen) atoms. The fourth-order valence-corrected chi connectivity index (χ4v) is 5.29. The van der Waals surface area contributed by atoms with E-state index in [0.29, 0.717) is 40.7 Å². The Balaban J connectivity index is 1.67. The second-order valence-corrected chi connectivity index (χ2v) is 9.49. The molecule has 0 saturated carbocycles. The molecule has 0 aliphatic carbocycles. The van der Waals surface area contributed by atoms with E-state index in [1.165, 1.54) is 7.11 Å². The van der Waals surface area contributed by atoms with E-state index in [4.69, 9.17) is 21.1 Å².